The summed E-state index contributed by atoms with van der Waals surface area (Å²) in [5.41, 5.74) is 1.52. The fraction of sp³-hybridized carbons (Fsp3) is 0.429. The first-order valence-electron chi connectivity index (χ1n) is 9.66. The van der Waals surface area contributed by atoms with Crippen LogP contribution in [0.15, 0.2) is 41.0 Å². The van der Waals surface area contributed by atoms with Crippen molar-refractivity contribution < 1.29 is 17.9 Å². The van der Waals surface area contributed by atoms with Crippen molar-refractivity contribution >= 4 is 35.2 Å². The minimum Gasteiger partial charge on any atom is -0.487 e. The van der Waals surface area contributed by atoms with E-state index in [1.165, 1.54) is 0 Å². The largest absolute Gasteiger partial charge is 0.487 e. The van der Waals surface area contributed by atoms with Gasteiger partial charge in [0.05, 0.1) is 29.4 Å². The van der Waals surface area contributed by atoms with E-state index in [0.717, 1.165) is 5.69 Å². The van der Waals surface area contributed by atoms with Gasteiger partial charge in [-0.15, -0.1) is 0 Å². The molecule has 30 heavy (non-hydrogen) atoms. The molecule has 0 spiro atoms. The average Bonchev–Trinajstić information content (AvgIpc) is 3.07. The lowest BCUT2D eigenvalue weighted by molar-refractivity contribution is 0.0826. The third-order valence-corrected chi connectivity index (χ3v) is 10.3. The van der Waals surface area contributed by atoms with E-state index in [4.69, 9.17) is 14.1 Å². The van der Waals surface area contributed by atoms with Gasteiger partial charge in [-0.1, -0.05) is 42.8 Å². The lowest BCUT2D eigenvalue weighted by Gasteiger charge is -2.36. The molecular formula is C21H26BrF2N3O2Si. The number of hydrogen-bond donors (Lipinski definition) is 0. The Bertz CT molecular complexity index is 1030. The molecule has 0 saturated carbocycles. The molecule has 9 heteroatoms. The fourth-order valence-electron chi connectivity index (χ4n) is 2.65. The van der Waals surface area contributed by atoms with Crippen molar-refractivity contribution in [3.63, 3.8) is 0 Å². The molecule has 0 atom stereocenters. The maximum Gasteiger partial charge on any atom is 0.272 e. The Hall–Kier alpha value is -1.84. The maximum atomic E-state index is 12.6. The molecule has 0 fully saturated rings. The quantitative estimate of drug-likeness (QED) is 0.357. The molecule has 0 aliphatic heterocycles. The Labute approximate surface area is 184 Å². The van der Waals surface area contributed by atoms with Crippen molar-refractivity contribution in [2.24, 2.45) is 0 Å². The van der Waals surface area contributed by atoms with Gasteiger partial charge in [-0.25, -0.2) is 18.4 Å². The summed E-state index contributed by atoms with van der Waals surface area (Å²) in [6, 6.07) is 9.20. The number of pyridine rings is 1. The predicted molar refractivity (Wildman–Crippen MR) is 120 cm³/mol. The molecule has 0 radical (unpaired) electrons. The van der Waals surface area contributed by atoms with Gasteiger partial charge in [0.15, 0.2) is 14.1 Å². The van der Waals surface area contributed by atoms with Gasteiger partial charge in [0.25, 0.3) is 6.43 Å². The van der Waals surface area contributed by atoms with Crippen molar-refractivity contribution in [2.45, 2.75) is 51.9 Å². The summed E-state index contributed by atoms with van der Waals surface area (Å²) in [6.07, 6.45) is -0.948. The molecule has 2 aromatic heterocycles. The van der Waals surface area contributed by atoms with Gasteiger partial charge < -0.3 is 9.16 Å². The Morgan fingerprint density at radius 3 is 2.60 bits per heavy atom. The van der Waals surface area contributed by atoms with Crippen LogP contribution in [0.5, 0.6) is 5.75 Å². The number of alkyl halides is 2. The first kappa shape index (κ1) is 22.8. The summed E-state index contributed by atoms with van der Waals surface area (Å²) in [5, 5.41) is 5.17. The number of rotatable bonds is 7. The molecule has 5 nitrogen and oxygen atoms in total. The van der Waals surface area contributed by atoms with Crippen LogP contribution in [-0.2, 0) is 11.0 Å². The van der Waals surface area contributed by atoms with Gasteiger partial charge in [0.1, 0.15) is 12.4 Å². The van der Waals surface area contributed by atoms with Crippen LogP contribution in [0, 0.1) is 0 Å². The van der Waals surface area contributed by atoms with Crippen LogP contribution < -0.4 is 4.74 Å². The van der Waals surface area contributed by atoms with E-state index in [2.05, 4.69) is 54.9 Å². The third kappa shape index (κ3) is 5.07. The normalized spacial score (nSPS) is 12.7. The summed E-state index contributed by atoms with van der Waals surface area (Å²) in [6.45, 7) is 10.8. The van der Waals surface area contributed by atoms with Crippen LogP contribution in [0.1, 0.15) is 26.5 Å². The lowest BCUT2D eigenvalue weighted by Crippen LogP contribution is -2.40. The van der Waals surface area contributed by atoms with Gasteiger partial charge in [-0.3, -0.25) is 0 Å². The topological polar surface area (TPSA) is 49.2 Å². The minimum atomic E-state index is -2.55. The SMILES string of the molecule is CC(C)(C)[Si](C)(C)OCc1cccc(-n2ncc3c(OCC(F)F)cc(Br)cc32)n1. The van der Waals surface area contributed by atoms with Crippen molar-refractivity contribution in [2.75, 3.05) is 6.61 Å². The van der Waals surface area contributed by atoms with Crippen molar-refractivity contribution in [3.05, 3.63) is 46.7 Å². The summed E-state index contributed by atoms with van der Waals surface area (Å²) in [7, 11) is -1.89. The second-order valence-electron chi connectivity index (χ2n) is 8.63. The van der Waals surface area contributed by atoms with Crippen LogP contribution >= 0.6 is 15.9 Å². The van der Waals surface area contributed by atoms with Crippen LogP contribution in [0.25, 0.3) is 16.7 Å². The van der Waals surface area contributed by atoms with Gasteiger partial charge in [0, 0.05) is 4.47 Å². The molecule has 3 rings (SSSR count). The van der Waals surface area contributed by atoms with Gasteiger partial charge in [0.2, 0.25) is 0 Å². The molecular weight excluding hydrogens is 472 g/mol. The smallest absolute Gasteiger partial charge is 0.272 e. The molecule has 0 saturated heterocycles. The second-order valence-corrected chi connectivity index (χ2v) is 14.4. The van der Waals surface area contributed by atoms with E-state index in [0.29, 0.717) is 33.5 Å². The number of fused-ring (bicyclic) bond motifs is 1. The number of nitrogens with zero attached hydrogens (tertiary/aromatic N) is 3. The third-order valence-electron chi connectivity index (χ3n) is 5.38. The van der Waals surface area contributed by atoms with Gasteiger partial charge in [-0.05, 0) is 42.4 Å². The van der Waals surface area contributed by atoms with Crippen LogP contribution in [0.4, 0.5) is 8.78 Å². The number of aromatic nitrogens is 3. The predicted octanol–water partition coefficient (Wildman–Crippen LogP) is 6.35. The van der Waals surface area contributed by atoms with E-state index in [9.17, 15) is 8.78 Å². The average molecular weight is 498 g/mol. The zero-order chi connectivity index (χ0) is 22.1. The molecule has 2 heterocycles. The first-order valence-corrected chi connectivity index (χ1v) is 13.4. The summed E-state index contributed by atoms with van der Waals surface area (Å²) < 4.78 is 39.1. The Morgan fingerprint density at radius 2 is 1.93 bits per heavy atom. The Morgan fingerprint density at radius 1 is 1.20 bits per heavy atom. The molecule has 0 N–H and O–H groups in total. The number of hydrogen-bond acceptors (Lipinski definition) is 4. The van der Waals surface area contributed by atoms with Gasteiger partial charge in [-0.2, -0.15) is 5.10 Å². The zero-order valence-electron chi connectivity index (χ0n) is 17.7. The number of ether oxygens (including phenoxy) is 1. The summed E-state index contributed by atoms with van der Waals surface area (Å²) >= 11 is 3.42. The van der Waals surface area contributed by atoms with Crippen molar-refractivity contribution in [1.29, 1.82) is 0 Å². The maximum absolute atomic E-state index is 12.6. The fourth-order valence-corrected chi connectivity index (χ4v) is 4.02. The standard InChI is InChI=1S/C21H26BrF2N3O2Si/c1-21(2,3)30(4,5)29-12-15-7-6-8-20(26-15)27-17-9-14(22)10-18(16(17)11-25-27)28-13-19(23)24/h6-11,19H,12-13H2,1-5H3. The molecule has 1 aromatic carbocycles. The summed E-state index contributed by atoms with van der Waals surface area (Å²) in [5.74, 6) is 0.975. The first-order chi connectivity index (χ1) is 14.0. The van der Waals surface area contributed by atoms with E-state index >= 15 is 0 Å². The molecule has 0 unspecified atom stereocenters. The van der Waals surface area contributed by atoms with Crippen molar-refractivity contribution in [3.8, 4) is 11.6 Å². The highest BCUT2D eigenvalue weighted by Gasteiger charge is 2.37. The Kier molecular flexibility index (Phi) is 6.64. The summed E-state index contributed by atoms with van der Waals surface area (Å²) in [4.78, 5) is 4.71. The molecule has 3 aromatic rings. The zero-order valence-corrected chi connectivity index (χ0v) is 20.3. The van der Waals surface area contributed by atoms with Crippen molar-refractivity contribution in [1.82, 2.24) is 14.8 Å². The second kappa shape index (κ2) is 8.72. The molecule has 162 valence electrons. The number of benzene rings is 1. The van der Waals surface area contributed by atoms with E-state index < -0.39 is 21.3 Å². The van der Waals surface area contributed by atoms with Crippen LogP contribution in [-0.4, -0.2) is 36.1 Å². The lowest BCUT2D eigenvalue weighted by atomic mass is 10.2. The van der Waals surface area contributed by atoms with Crippen LogP contribution in [0.2, 0.25) is 18.1 Å². The van der Waals surface area contributed by atoms with Gasteiger partial charge >= 0.3 is 0 Å². The highest BCUT2D eigenvalue weighted by Crippen LogP contribution is 2.37. The molecule has 0 bridgehead atoms. The van der Waals surface area contributed by atoms with E-state index in [1.54, 1.807) is 16.9 Å². The monoisotopic (exact) mass is 497 g/mol. The Balaban J connectivity index is 1.90. The minimum absolute atomic E-state index is 0.115. The highest BCUT2D eigenvalue weighted by atomic mass is 79.9. The molecule has 0 amide bonds. The molecule has 0 aliphatic rings. The number of halogens is 3. The van der Waals surface area contributed by atoms with E-state index in [1.807, 2.05) is 24.3 Å². The van der Waals surface area contributed by atoms with E-state index in [-0.39, 0.29) is 5.04 Å². The van der Waals surface area contributed by atoms with Crippen LogP contribution in [0.3, 0.4) is 0 Å². The molecule has 0 aliphatic carbocycles. The highest BCUT2D eigenvalue weighted by molar-refractivity contribution is 9.10.